The number of carbonyl (C=O) groups excluding carboxylic acids is 1. The third-order valence-corrected chi connectivity index (χ3v) is 3.25. The fourth-order valence-electron chi connectivity index (χ4n) is 2.17. The largest absolute Gasteiger partial charge is 0.493 e. The summed E-state index contributed by atoms with van der Waals surface area (Å²) in [7, 11) is 3.23. The molecule has 0 radical (unpaired) electrons. The Morgan fingerprint density at radius 1 is 1.20 bits per heavy atom. The Labute approximate surface area is 121 Å². The van der Waals surface area contributed by atoms with E-state index in [4.69, 9.17) is 9.47 Å². The average molecular weight is 279 g/mol. The maximum atomic E-state index is 12.2. The van der Waals surface area contributed by atoms with Crippen LogP contribution in [0.3, 0.4) is 0 Å². The van der Waals surface area contributed by atoms with Crippen molar-refractivity contribution in [3.63, 3.8) is 0 Å². The predicted octanol–water partition coefficient (Wildman–Crippen LogP) is 2.45. The minimum atomic E-state index is -0.155. The minimum absolute atomic E-state index is 0.0270. The predicted molar refractivity (Wildman–Crippen MR) is 80.6 cm³/mol. The van der Waals surface area contributed by atoms with Gasteiger partial charge in [0.25, 0.3) is 0 Å². The molecule has 0 aliphatic rings. The summed E-state index contributed by atoms with van der Waals surface area (Å²) in [6.07, 6.45) is 0.658. The van der Waals surface area contributed by atoms with E-state index < -0.39 is 0 Å². The van der Waals surface area contributed by atoms with Gasteiger partial charge in [0.2, 0.25) is 0 Å². The number of rotatable bonds is 8. The Hall–Kier alpha value is -1.55. The van der Waals surface area contributed by atoms with Crippen LogP contribution in [0.25, 0.3) is 0 Å². The number of ether oxygens (including phenoxy) is 2. The van der Waals surface area contributed by atoms with E-state index in [-0.39, 0.29) is 17.7 Å². The van der Waals surface area contributed by atoms with Gasteiger partial charge in [0.15, 0.2) is 17.3 Å². The highest BCUT2D eigenvalue weighted by molar-refractivity contribution is 5.86. The second-order valence-corrected chi connectivity index (χ2v) is 5.06. The van der Waals surface area contributed by atoms with Crippen LogP contribution in [0.1, 0.15) is 26.3 Å². The SMILES string of the molecule is CCN[C@@H](Cc1ccc(OC)c(OC)c1)C(=O)C(C)C. The van der Waals surface area contributed by atoms with E-state index in [1.807, 2.05) is 39.0 Å². The van der Waals surface area contributed by atoms with Crippen LogP contribution in [-0.4, -0.2) is 32.6 Å². The first-order chi connectivity index (χ1) is 9.53. The number of methoxy groups -OCH3 is 2. The normalized spacial score (nSPS) is 12.3. The Bertz CT molecular complexity index is 443. The average Bonchev–Trinajstić information content (AvgIpc) is 2.45. The monoisotopic (exact) mass is 279 g/mol. The van der Waals surface area contributed by atoms with Crippen molar-refractivity contribution >= 4 is 5.78 Å². The molecule has 20 heavy (non-hydrogen) atoms. The van der Waals surface area contributed by atoms with Crippen LogP contribution in [0, 0.1) is 5.92 Å². The van der Waals surface area contributed by atoms with Crippen molar-refractivity contribution in [2.24, 2.45) is 5.92 Å². The van der Waals surface area contributed by atoms with E-state index in [9.17, 15) is 4.79 Å². The van der Waals surface area contributed by atoms with Crippen LogP contribution >= 0.6 is 0 Å². The second-order valence-electron chi connectivity index (χ2n) is 5.06. The molecule has 0 saturated carbocycles. The van der Waals surface area contributed by atoms with Gasteiger partial charge in [-0.2, -0.15) is 0 Å². The lowest BCUT2D eigenvalue weighted by molar-refractivity contribution is -0.123. The molecule has 112 valence electrons. The van der Waals surface area contributed by atoms with Crippen LogP contribution in [0.5, 0.6) is 11.5 Å². The molecule has 1 aromatic rings. The molecule has 1 aromatic carbocycles. The van der Waals surface area contributed by atoms with Crippen LogP contribution < -0.4 is 14.8 Å². The first-order valence-corrected chi connectivity index (χ1v) is 7.01. The second kappa shape index (κ2) is 7.90. The van der Waals surface area contributed by atoms with Crippen LogP contribution in [0.15, 0.2) is 18.2 Å². The first-order valence-electron chi connectivity index (χ1n) is 7.01. The van der Waals surface area contributed by atoms with Crippen LogP contribution in [0.4, 0.5) is 0 Å². The molecular weight excluding hydrogens is 254 g/mol. The van der Waals surface area contributed by atoms with E-state index in [1.54, 1.807) is 14.2 Å². The van der Waals surface area contributed by atoms with Crippen molar-refractivity contribution in [1.82, 2.24) is 5.32 Å². The number of hydrogen-bond acceptors (Lipinski definition) is 4. The zero-order chi connectivity index (χ0) is 15.1. The molecule has 0 heterocycles. The Morgan fingerprint density at radius 3 is 2.35 bits per heavy atom. The van der Waals surface area contributed by atoms with Gasteiger partial charge in [-0.1, -0.05) is 26.8 Å². The summed E-state index contributed by atoms with van der Waals surface area (Å²) in [5.41, 5.74) is 1.06. The molecule has 0 saturated heterocycles. The summed E-state index contributed by atoms with van der Waals surface area (Å²) in [5.74, 6) is 1.66. The summed E-state index contributed by atoms with van der Waals surface area (Å²) >= 11 is 0. The van der Waals surface area contributed by atoms with E-state index in [0.29, 0.717) is 17.9 Å². The summed E-state index contributed by atoms with van der Waals surface area (Å²) < 4.78 is 10.5. The van der Waals surface area contributed by atoms with Crippen molar-refractivity contribution in [2.45, 2.75) is 33.2 Å². The number of Topliss-reactive ketones (excluding diaryl/α,β-unsaturated/α-hetero) is 1. The van der Waals surface area contributed by atoms with Crippen molar-refractivity contribution < 1.29 is 14.3 Å². The summed E-state index contributed by atoms with van der Waals surface area (Å²) in [5, 5.41) is 3.26. The van der Waals surface area contributed by atoms with Gasteiger partial charge in [0.1, 0.15) is 0 Å². The molecule has 4 nitrogen and oxygen atoms in total. The molecule has 0 amide bonds. The van der Waals surface area contributed by atoms with Gasteiger partial charge in [-0.15, -0.1) is 0 Å². The van der Waals surface area contributed by atoms with Gasteiger partial charge in [-0.05, 0) is 30.7 Å². The highest BCUT2D eigenvalue weighted by atomic mass is 16.5. The third kappa shape index (κ3) is 4.23. The zero-order valence-electron chi connectivity index (χ0n) is 13.0. The Kier molecular flexibility index (Phi) is 6.52. The molecule has 0 bridgehead atoms. The molecule has 1 rings (SSSR count). The number of ketones is 1. The van der Waals surface area contributed by atoms with E-state index in [2.05, 4.69) is 5.32 Å². The maximum Gasteiger partial charge on any atom is 0.160 e. The first kappa shape index (κ1) is 16.5. The zero-order valence-corrected chi connectivity index (χ0v) is 13.0. The molecule has 0 fully saturated rings. The molecule has 0 spiro atoms. The molecule has 4 heteroatoms. The van der Waals surface area contributed by atoms with E-state index >= 15 is 0 Å². The van der Waals surface area contributed by atoms with Crippen molar-refractivity contribution in [3.05, 3.63) is 23.8 Å². The Morgan fingerprint density at radius 2 is 1.85 bits per heavy atom. The summed E-state index contributed by atoms with van der Waals surface area (Å²) in [6, 6.07) is 5.62. The lowest BCUT2D eigenvalue weighted by atomic mass is 9.95. The standard InChI is InChI=1S/C16H25NO3/c1-6-17-13(16(18)11(2)3)9-12-7-8-14(19-4)15(10-12)20-5/h7-8,10-11,13,17H,6,9H2,1-5H3/t13-/m0/s1. The number of likely N-dealkylation sites (N-methyl/N-ethyl adjacent to an activating group) is 1. The molecule has 0 aromatic heterocycles. The molecule has 1 N–H and O–H groups in total. The van der Waals surface area contributed by atoms with Crippen LogP contribution in [0.2, 0.25) is 0 Å². The fraction of sp³-hybridized carbons (Fsp3) is 0.562. The smallest absolute Gasteiger partial charge is 0.160 e. The minimum Gasteiger partial charge on any atom is -0.493 e. The number of benzene rings is 1. The van der Waals surface area contributed by atoms with Crippen molar-refractivity contribution in [1.29, 1.82) is 0 Å². The molecule has 0 unspecified atom stereocenters. The molecule has 1 atom stereocenters. The van der Waals surface area contributed by atoms with Crippen molar-refractivity contribution in [3.8, 4) is 11.5 Å². The third-order valence-electron chi connectivity index (χ3n) is 3.25. The van der Waals surface area contributed by atoms with Crippen LogP contribution in [-0.2, 0) is 11.2 Å². The topological polar surface area (TPSA) is 47.6 Å². The lowest BCUT2D eigenvalue weighted by Crippen LogP contribution is -2.40. The van der Waals surface area contributed by atoms with Gasteiger partial charge in [0, 0.05) is 5.92 Å². The lowest BCUT2D eigenvalue weighted by Gasteiger charge is -2.19. The Balaban J connectivity index is 2.91. The summed E-state index contributed by atoms with van der Waals surface area (Å²) in [6.45, 7) is 6.65. The van der Waals surface area contributed by atoms with Gasteiger partial charge in [0.05, 0.1) is 20.3 Å². The maximum absolute atomic E-state index is 12.2. The number of carbonyl (C=O) groups is 1. The highest BCUT2D eigenvalue weighted by Crippen LogP contribution is 2.28. The van der Waals surface area contributed by atoms with Gasteiger partial charge < -0.3 is 14.8 Å². The fourth-order valence-corrected chi connectivity index (χ4v) is 2.17. The molecule has 0 aliphatic carbocycles. The van der Waals surface area contributed by atoms with Gasteiger partial charge >= 0.3 is 0 Å². The van der Waals surface area contributed by atoms with Gasteiger partial charge in [-0.25, -0.2) is 0 Å². The number of hydrogen-bond donors (Lipinski definition) is 1. The number of nitrogens with one attached hydrogen (secondary N) is 1. The molecular formula is C16H25NO3. The van der Waals surface area contributed by atoms with E-state index in [1.165, 1.54) is 0 Å². The quantitative estimate of drug-likeness (QED) is 0.794. The van der Waals surface area contributed by atoms with Gasteiger partial charge in [-0.3, -0.25) is 4.79 Å². The van der Waals surface area contributed by atoms with E-state index in [0.717, 1.165) is 12.1 Å². The summed E-state index contributed by atoms with van der Waals surface area (Å²) in [4.78, 5) is 12.2. The highest BCUT2D eigenvalue weighted by Gasteiger charge is 2.21. The molecule has 0 aliphatic heterocycles. The van der Waals surface area contributed by atoms with Crippen molar-refractivity contribution in [2.75, 3.05) is 20.8 Å².